The van der Waals surface area contributed by atoms with Crippen molar-refractivity contribution in [3.05, 3.63) is 0 Å². The van der Waals surface area contributed by atoms with Crippen LogP contribution in [0.5, 0.6) is 0 Å². The first-order chi connectivity index (χ1) is 11.8. The quantitative estimate of drug-likeness (QED) is 0.179. The summed E-state index contributed by atoms with van der Waals surface area (Å²) < 4.78 is 5.26. The summed E-state index contributed by atoms with van der Waals surface area (Å²) in [7, 11) is 0. The van der Waals surface area contributed by atoms with Crippen LogP contribution < -0.4 is 0 Å². The van der Waals surface area contributed by atoms with E-state index in [1.807, 2.05) is 0 Å². The first-order valence-corrected chi connectivity index (χ1v) is 11.0. The van der Waals surface area contributed by atoms with E-state index < -0.39 is 0 Å². The Morgan fingerprint density at radius 2 is 0.917 bits per heavy atom. The van der Waals surface area contributed by atoms with Crippen molar-refractivity contribution in [1.82, 2.24) is 0 Å². The Kier molecular flexibility index (Phi) is 20.1. The van der Waals surface area contributed by atoms with Gasteiger partial charge in [0.25, 0.3) is 0 Å². The van der Waals surface area contributed by atoms with Gasteiger partial charge in [0.1, 0.15) is 0 Å². The molecule has 0 aromatic rings. The molecule has 0 bridgehead atoms. The van der Waals surface area contributed by atoms with Crippen molar-refractivity contribution < 1.29 is 9.53 Å². The molecule has 0 heterocycles. The molecule has 2 heteroatoms. The van der Waals surface area contributed by atoms with Crippen LogP contribution in [0.15, 0.2) is 0 Å². The summed E-state index contributed by atoms with van der Waals surface area (Å²) in [4.78, 5) is 11.6. The van der Waals surface area contributed by atoms with E-state index in [1.54, 1.807) is 0 Å². The van der Waals surface area contributed by atoms with Gasteiger partial charge in [-0.3, -0.25) is 4.79 Å². The summed E-state index contributed by atoms with van der Waals surface area (Å²) in [6.45, 7) is 5.09. The van der Waals surface area contributed by atoms with Gasteiger partial charge in [0.15, 0.2) is 0 Å². The highest BCUT2D eigenvalue weighted by molar-refractivity contribution is 5.69. The zero-order valence-electron chi connectivity index (χ0n) is 16.8. The molecule has 0 saturated carbocycles. The number of hydrogen-bond acceptors (Lipinski definition) is 2. The zero-order chi connectivity index (χ0) is 17.7. The van der Waals surface area contributed by atoms with Gasteiger partial charge in [0, 0.05) is 6.42 Å². The average Bonchev–Trinajstić information content (AvgIpc) is 2.59. The predicted octanol–water partition coefficient (Wildman–Crippen LogP) is 7.59. The van der Waals surface area contributed by atoms with E-state index in [9.17, 15) is 4.79 Å². The van der Waals surface area contributed by atoms with Crippen LogP contribution in [0.3, 0.4) is 0 Å². The highest BCUT2D eigenvalue weighted by Gasteiger charge is 2.02. The van der Waals surface area contributed by atoms with E-state index in [4.69, 9.17) is 4.74 Å². The second-order valence-corrected chi connectivity index (χ2v) is 7.27. The number of hydrogen-bond donors (Lipinski definition) is 0. The summed E-state index contributed by atoms with van der Waals surface area (Å²) in [5, 5.41) is 0. The van der Waals surface area contributed by atoms with Gasteiger partial charge in [-0.1, -0.05) is 110 Å². The molecule has 0 N–H and O–H groups in total. The van der Waals surface area contributed by atoms with Crippen molar-refractivity contribution in [3.8, 4) is 0 Å². The Hall–Kier alpha value is -0.530. The third kappa shape index (κ3) is 19.5. The van der Waals surface area contributed by atoms with Crippen LogP contribution in [0.25, 0.3) is 0 Å². The summed E-state index contributed by atoms with van der Waals surface area (Å²) in [5.74, 6) is 0.00886. The zero-order valence-corrected chi connectivity index (χ0v) is 16.8. The normalized spacial score (nSPS) is 10.9. The minimum Gasteiger partial charge on any atom is -0.466 e. The lowest BCUT2D eigenvalue weighted by Crippen LogP contribution is -2.05. The number of unbranched alkanes of at least 4 members (excludes halogenated alkanes) is 15. The first kappa shape index (κ1) is 23.5. The molecule has 0 aromatic carbocycles. The van der Waals surface area contributed by atoms with Gasteiger partial charge in [0.2, 0.25) is 0 Å². The molecular weight excluding hydrogens is 296 g/mol. The van der Waals surface area contributed by atoms with Crippen LogP contribution in [-0.4, -0.2) is 12.6 Å². The smallest absolute Gasteiger partial charge is 0.305 e. The predicted molar refractivity (Wildman–Crippen MR) is 105 cm³/mol. The highest BCUT2D eigenvalue weighted by Crippen LogP contribution is 2.13. The minimum atomic E-state index is 0.00886. The second-order valence-electron chi connectivity index (χ2n) is 7.27. The molecule has 0 rings (SSSR count). The van der Waals surface area contributed by atoms with Gasteiger partial charge in [-0.15, -0.1) is 0 Å². The minimum absolute atomic E-state index is 0.00886. The molecule has 0 aliphatic rings. The molecule has 0 aliphatic heterocycles. The van der Waals surface area contributed by atoms with Crippen LogP contribution in [0.2, 0.25) is 0 Å². The number of rotatable bonds is 19. The molecule has 0 aromatic heterocycles. The lowest BCUT2D eigenvalue weighted by atomic mass is 10.0. The van der Waals surface area contributed by atoms with Gasteiger partial charge in [0.05, 0.1) is 6.61 Å². The van der Waals surface area contributed by atoms with Crippen LogP contribution >= 0.6 is 0 Å². The number of carbonyl (C=O) groups is 1. The number of carbonyl (C=O) groups excluding carboxylic acids is 1. The van der Waals surface area contributed by atoms with Gasteiger partial charge in [-0.2, -0.15) is 0 Å². The third-order valence-corrected chi connectivity index (χ3v) is 4.75. The van der Waals surface area contributed by atoms with Crippen molar-refractivity contribution in [3.63, 3.8) is 0 Å². The van der Waals surface area contributed by atoms with Crippen LogP contribution in [0.4, 0.5) is 0 Å². The summed E-state index contributed by atoms with van der Waals surface area (Å²) in [6, 6.07) is 0. The van der Waals surface area contributed by atoms with Crippen LogP contribution in [0.1, 0.15) is 129 Å². The van der Waals surface area contributed by atoms with Crippen molar-refractivity contribution in [2.24, 2.45) is 0 Å². The molecule has 0 saturated heterocycles. The third-order valence-electron chi connectivity index (χ3n) is 4.75. The standard InChI is InChI=1S/C22H44O2/c1-3-5-7-9-10-11-12-13-14-15-16-17-18-20-22(23)24-21-19-8-6-4-2/h3-21H2,1-2H3. The molecule has 0 aliphatic carbocycles. The topological polar surface area (TPSA) is 26.3 Å². The van der Waals surface area contributed by atoms with Gasteiger partial charge in [-0.05, 0) is 12.8 Å². The number of esters is 1. The fourth-order valence-electron chi connectivity index (χ4n) is 3.07. The summed E-state index contributed by atoms with van der Waals surface area (Å²) in [6.07, 6.45) is 22.8. The Morgan fingerprint density at radius 3 is 1.38 bits per heavy atom. The molecule has 2 nitrogen and oxygen atoms in total. The van der Waals surface area contributed by atoms with E-state index in [2.05, 4.69) is 13.8 Å². The van der Waals surface area contributed by atoms with E-state index in [-0.39, 0.29) is 5.97 Å². The molecule has 0 amide bonds. The van der Waals surface area contributed by atoms with Gasteiger partial charge >= 0.3 is 5.97 Å². The summed E-state index contributed by atoms with van der Waals surface area (Å²) in [5.41, 5.74) is 0. The maximum Gasteiger partial charge on any atom is 0.305 e. The van der Waals surface area contributed by atoms with Crippen molar-refractivity contribution in [1.29, 1.82) is 0 Å². The Labute approximate surface area is 152 Å². The number of ether oxygens (including phenoxy) is 1. The SMILES string of the molecule is CCCCCCCCCCCCCCCC(=O)OCCCCCC. The van der Waals surface area contributed by atoms with Gasteiger partial charge < -0.3 is 4.74 Å². The lowest BCUT2D eigenvalue weighted by molar-refractivity contribution is -0.143. The Bertz CT molecular complexity index is 250. The summed E-state index contributed by atoms with van der Waals surface area (Å²) >= 11 is 0. The second kappa shape index (κ2) is 20.5. The molecule has 0 fully saturated rings. The fraction of sp³-hybridized carbons (Fsp3) is 0.955. The van der Waals surface area contributed by atoms with Crippen LogP contribution in [-0.2, 0) is 9.53 Å². The maximum absolute atomic E-state index is 11.6. The van der Waals surface area contributed by atoms with E-state index in [0.717, 1.165) is 12.8 Å². The largest absolute Gasteiger partial charge is 0.466 e. The molecular formula is C22H44O2. The van der Waals surface area contributed by atoms with Crippen molar-refractivity contribution in [2.75, 3.05) is 6.61 Å². The molecule has 144 valence electrons. The van der Waals surface area contributed by atoms with E-state index in [0.29, 0.717) is 13.0 Å². The Morgan fingerprint density at radius 1 is 0.542 bits per heavy atom. The fourth-order valence-corrected chi connectivity index (χ4v) is 3.07. The van der Waals surface area contributed by atoms with Crippen molar-refractivity contribution >= 4 is 5.97 Å². The molecule has 0 atom stereocenters. The molecule has 0 spiro atoms. The monoisotopic (exact) mass is 340 g/mol. The van der Waals surface area contributed by atoms with Gasteiger partial charge in [-0.25, -0.2) is 0 Å². The van der Waals surface area contributed by atoms with Crippen LogP contribution in [0, 0.1) is 0 Å². The van der Waals surface area contributed by atoms with Crippen molar-refractivity contribution in [2.45, 2.75) is 129 Å². The average molecular weight is 341 g/mol. The maximum atomic E-state index is 11.6. The van der Waals surface area contributed by atoms with E-state index in [1.165, 1.54) is 96.3 Å². The van der Waals surface area contributed by atoms with E-state index >= 15 is 0 Å². The highest BCUT2D eigenvalue weighted by atomic mass is 16.5. The molecule has 24 heavy (non-hydrogen) atoms. The molecule has 0 unspecified atom stereocenters. The Balaban J connectivity index is 3.10. The molecule has 0 radical (unpaired) electrons. The lowest BCUT2D eigenvalue weighted by Gasteiger charge is -2.05. The first-order valence-electron chi connectivity index (χ1n) is 11.0.